The summed E-state index contributed by atoms with van der Waals surface area (Å²) in [5.41, 5.74) is 0.908. The van der Waals surface area contributed by atoms with Gasteiger partial charge in [0.1, 0.15) is 0 Å². The van der Waals surface area contributed by atoms with E-state index in [1.54, 1.807) is 30.3 Å². The van der Waals surface area contributed by atoms with Crippen molar-refractivity contribution < 1.29 is 14.4 Å². The number of carbonyl (C=O) groups excluding carboxylic acids is 3. The van der Waals surface area contributed by atoms with Gasteiger partial charge in [-0.05, 0) is 51.3 Å². The van der Waals surface area contributed by atoms with Crippen LogP contribution in [0.2, 0.25) is 4.34 Å². The Hall–Kier alpha value is -2.22. The van der Waals surface area contributed by atoms with Crippen molar-refractivity contribution in [3.8, 4) is 0 Å². The van der Waals surface area contributed by atoms with Gasteiger partial charge in [-0.15, -0.1) is 11.3 Å². The summed E-state index contributed by atoms with van der Waals surface area (Å²) in [6.07, 6.45) is 0.688. The fourth-order valence-corrected chi connectivity index (χ4v) is 3.74. The molecule has 0 aliphatic carbocycles. The lowest BCUT2D eigenvalue weighted by Gasteiger charge is -2.16. The highest BCUT2D eigenvalue weighted by atomic mass is 35.5. The average molecular weight is 392 g/mol. The van der Waals surface area contributed by atoms with E-state index in [9.17, 15) is 14.4 Å². The number of hydrogen-bond acceptors (Lipinski definition) is 5. The molecule has 3 rings (SSSR count). The first-order chi connectivity index (χ1) is 12.4. The highest BCUT2D eigenvalue weighted by Gasteiger charge is 2.37. The number of thiophene rings is 1. The molecule has 2 aromatic rings. The second kappa shape index (κ2) is 7.57. The Bertz CT molecular complexity index is 878. The predicted molar refractivity (Wildman–Crippen MR) is 102 cm³/mol. The number of nitrogens with zero attached hydrogens (tertiary/aromatic N) is 2. The molecule has 3 amide bonds. The Labute approximate surface area is 160 Å². The summed E-state index contributed by atoms with van der Waals surface area (Å²) in [5.74, 6) is -1.05. The molecule has 8 heteroatoms. The normalized spacial score (nSPS) is 13.5. The van der Waals surface area contributed by atoms with Crippen LogP contribution in [0.15, 0.2) is 30.3 Å². The van der Waals surface area contributed by atoms with E-state index in [4.69, 9.17) is 11.6 Å². The topological polar surface area (TPSA) is 69.7 Å². The summed E-state index contributed by atoms with van der Waals surface area (Å²) in [6.45, 7) is 1.12. The zero-order valence-corrected chi connectivity index (χ0v) is 16.0. The van der Waals surface area contributed by atoms with Crippen molar-refractivity contribution >= 4 is 46.3 Å². The Morgan fingerprint density at radius 1 is 1.19 bits per heavy atom. The van der Waals surface area contributed by atoms with Gasteiger partial charge in [-0.25, -0.2) is 0 Å². The number of anilines is 1. The van der Waals surface area contributed by atoms with Gasteiger partial charge in [0.25, 0.3) is 17.7 Å². The molecule has 1 aromatic carbocycles. The maximum atomic E-state index is 12.7. The van der Waals surface area contributed by atoms with Crippen LogP contribution in [0, 0.1) is 0 Å². The van der Waals surface area contributed by atoms with Crippen LogP contribution >= 0.6 is 22.9 Å². The van der Waals surface area contributed by atoms with Gasteiger partial charge in [0.05, 0.1) is 26.0 Å². The maximum Gasteiger partial charge on any atom is 0.265 e. The van der Waals surface area contributed by atoms with E-state index < -0.39 is 0 Å². The Balaban J connectivity index is 1.81. The quantitative estimate of drug-likeness (QED) is 0.768. The molecule has 1 aromatic heterocycles. The predicted octanol–water partition coefficient (Wildman–Crippen LogP) is 3.20. The number of rotatable bonds is 6. The van der Waals surface area contributed by atoms with Crippen LogP contribution in [-0.4, -0.2) is 54.7 Å². The zero-order valence-electron chi connectivity index (χ0n) is 14.4. The number of hydrogen-bond donors (Lipinski definition) is 1. The van der Waals surface area contributed by atoms with Crippen molar-refractivity contribution in [3.05, 3.63) is 50.7 Å². The monoisotopic (exact) mass is 391 g/mol. The lowest BCUT2D eigenvalue weighted by molar-refractivity contribution is 0.0649. The number of imide groups is 1. The first-order valence-electron chi connectivity index (χ1n) is 8.09. The van der Waals surface area contributed by atoms with Crippen molar-refractivity contribution in [2.75, 3.05) is 32.5 Å². The first-order valence-corrected chi connectivity index (χ1v) is 9.28. The molecule has 0 radical (unpaired) electrons. The fourth-order valence-electron chi connectivity index (χ4n) is 2.81. The van der Waals surface area contributed by atoms with E-state index in [1.807, 2.05) is 19.0 Å². The minimum absolute atomic E-state index is 0.248. The van der Waals surface area contributed by atoms with Crippen LogP contribution in [0.5, 0.6) is 0 Å². The van der Waals surface area contributed by atoms with E-state index in [0.29, 0.717) is 33.4 Å². The number of nitrogens with one attached hydrogen (secondary N) is 1. The molecule has 0 spiro atoms. The van der Waals surface area contributed by atoms with Gasteiger partial charge in [-0.2, -0.15) is 0 Å². The van der Waals surface area contributed by atoms with E-state index in [1.165, 1.54) is 4.90 Å². The van der Waals surface area contributed by atoms with Crippen LogP contribution in [0.3, 0.4) is 0 Å². The SMILES string of the molecule is CN(C)CCCN1C(=O)c2cccc(NC(=O)c3ccc(Cl)s3)c2C1=O. The number of benzene rings is 1. The van der Waals surface area contributed by atoms with Crippen LogP contribution in [0.4, 0.5) is 5.69 Å². The fraction of sp³-hybridized carbons (Fsp3) is 0.278. The van der Waals surface area contributed by atoms with Gasteiger partial charge >= 0.3 is 0 Å². The molecular weight excluding hydrogens is 374 g/mol. The largest absolute Gasteiger partial charge is 0.321 e. The smallest absolute Gasteiger partial charge is 0.265 e. The second-order valence-electron chi connectivity index (χ2n) is 6.20. The lowest BCUT2D eigenvalue weighted by atomic mass is 10.1. The van der Waals surface area contributed by atoms with Crippen molar-refractivity contribution in [2.24, 2.45) is 0 Å². The van der Waals surface area contributed by atoms with Crippen LogP contribution in [0.25, 0.3) is 0 Å². The van der Waals surface area contributed by atoms with Gasteiger partial charge in [-0.1, -0.05) is 17.7 Å². The van der Waals surface area contributed by atoms with Crippen LogP contribution in [0.1, 0.15) is 36.8 Å². The van der Waals surface area contributed by atoms with Gasteiger partial charge in [-0.3, -0.25) is 19.3 Å². The molecule has 136 valence electrons. The van der Waals surface area contributed by atoms with Crippen molar-refractivity contribution in [1.29, 1.82) is 0 Å². The molecule has 1 N–H and O–H groups in total. The van der Waals surface area contributed by atoms with Gasteiger partial charge in [0.15, 0.2) is 0 Å². The zero-order chi connectivity index (χ0) is 18.8. The molecule has 0 bridgehead atoms. The number of amides is 3. The Morgan fingerprint density at radius 3 is 2.62 bits per heavy atom. The molecule has 0 unspecified atom stereocenters. The van der Waals surface area contributed by atoms with E-state index >= 15 is 0 Å². The number of fused-ring (bicyclic) bond motifs is 1. The van der Waals surface area contributed by atoms with E-state index in [-0.39, 0.29) is 23.3 Å². The van der Waals surface area contributed by atoms with Crippen LogP contribution in [-0.2, 0) is 0 Å². The van der Waals surface area contributed by atoms with E-state index in [2.05, 4.69) is 5.32 Å². The minimum atomic E-state index is -0.371. The molecule has 6 nitrogen and oxygen atoms in total. The first kappa shape index (κ1) is 18.6. The summed E-state index contributed by atoms with van der Waals surface area (Å²) in [5, 5.41) is 2.72. The third-order valence-electron chi connectivity index (χ3n) is 4.03. The highest BCUT2D eigenvalue weighted by Crippen LogP contribution is 2.30. The molecule has 1 aliphatic rings. The molecule has 1 aliphatic heterocycles. The molecule has 0 atom stereocenters. The third kappa shape index (κ3) is 3.65. The van der Waals surface area contributed by atoms with Crippen molar-refractivity contribution in [1.82, 2.24) is 9.80 Å². The van der Waals surface area contributed by atoms with Crippen molar-refractivity contribution in [3.63, 3.8) is 0 Å². The molecule has 0 saturated heterocycles. The number of carbonyl (C=O) groups is 3. The molecular formula is C18H18ClN3O3S. The van der Waals surface area contributed by atoms with Crippen LogP contribution < -0.4 is 5.32 Å². The summed E-state index contributed by atoms with van der Waals surface area (Å²) in [7, 11) is 3.87. The standard InChI is InChI=1S/C18H18ClN3O3S/c1-21(2)9-4-10-22-17(24)11-5-3-6-12(15(11)18(22)25)20-16(23)13-7-8-14(19)26-13/h3,5-8H,4,9-10H2,1-2H3,(H,20,23). The van der Waals surface area contributed by atoms with Gasteiger partial charge < -0.3 is 10.2 Å². The van der Waals surface area contributed by atoms with Crippen molar-refractivity contribution in [2.45, 2.75) is 6.42 Å². The summed E-state index contributed by atoms with van der Waals surface area (Å²) in [6, 6.07) is 8.15. The third-order valence-corrected chi connectivity index (χ3v) is 5.26. The Kier molecular flexibility index (Phi) is 5.41. The number of halogens is 1. The molecule has 26 heavy (non-hydrogen) atoms. The molecule has 0 fully saturated rings. The summed E-state index contributed by atoms with van der Waals surface area (Å²) < 4.78 is 0.506. The van der Waals surface area contributed by atoms with Gasteiger partial charge in [0, 0.05) is 6.54 Å². The molecule has 2 heterocycles. The van der Waals surface area contributed by atoms with Gasteiger partial charge in [0.2, 0.25) is 0 Å². The second-order valence-corrected chi connectivity index (χ2v) is 7.92. The summed E-state index contributed by atoms with van der Waals surface area (Å²) >= 11 is 7.01. The summed E-state index contributed by atoms with van der Waals surface area (Å²) in [4.78, 5) is 41.3. The molecule has 0 saturated carbocycles. The highest BCUT2D eigenvalue weighted by molar-refractivity contribution is 7.18. The average Bonchev–Trinajstić information content (AvgIpc) is 3.12. The minimum Gasteiger partial charge on any atom is -0.321 e. The Morgan fingerprint density at radius 2 is 1.96 bits per heavy atom. The van der Waals surface area contributed by atoms with E-state index in [0.717, 1.165) is 17.9 Å². The maximum absolute atomic E-state index is 12.7. The lowest BCUT2D eigenvalue weighted by Crippen LogP contribution is -2.32.